The molecule has 0 unspecified atom stereocenters. The van der Waals surface area contributed by atoms with Crippen LogP contribution < -0.4 is 0 Å². The maximum atomic E-state index is 12.2. The van der Waals surface area contributed by atoms with Crippen molar-refractivity contribution in [3.05, 3.63) is 109 Å². The second-order valence-corrected chi connectivity index (χ2v) is 15.2. The Morgan fingerprint density at radius 3 is 1.74 bits per heavy atom. The summed E-state index contributed by atoms with van der Waals surface area (Å²) in [4.78, 5) is 28.0. The number of piperidine rings is 1. The number of ether oxygens (including phenoxy) is 2. The van der Waals surface area contributed by atoms with Crippen molar-refractivity contribution in [2.45, 2.75) is 91.8 Å². The minimum atomic E-state index is -0.450. The van der Waals surface area contributed by atoms with Crippen molar-refractivity contribution in [2.24, 2.45) is 0 Å². The van der Waals surface area contributed by atoms with E-state index in [1.54, 1.807) is 4.90 Å². The number of amides is 2. The van der Waals surface area contributed by atoms with Crippen molar-refractivity contribution in [2.75, 3.05) is 26.2 Å². The Balaban J connectivity index is 0.000000260. The fourth-order valence-corrected chi connectivity index (χ4v) is 6.57. The summed E-state index contributed by atoms with van der Waals surface area (Å²) in [5.74, 6) is 0.509. The van der Waals surface area contributed by atoms with Gasteiger partial charge in [0.15, 0.2) is 0 Å². The number of carbonyl (C=O) groups is 2. The second kappa shape index (κ2) is 17.0. The molecule has 0 spiro atoms. The smallest absolute Gasteiger partial charge is 0.410 e. The fraction of sp³-hybridized carbons (Fsp3) is 0.419. The van der Waals surface area contributed by atoms with Gasteiger partial charge in [-0.15, -0.1) is 0 Å². The molecule has 4 aromatic carbocycles. The largest absolute Gasteiger partial charge is 0.444 e. The molecule has 6 rings (SSSR count). The van der Waals surface area contributed by atoms with E-state index >= 15 is 0 Å². The van der Waals surface area contributed by atoms with Gasteiger partial charge >= 0.3 is 12.2 Å². The van der Waals surface area contributed by atoms with Crippen LogP contribution >= 0.6 is 0 Å². The van der Waals surface area contributed by atoms with E-state index in [0.717, 1.165) is 32.4 Å². The third-order valence-corrected chi connectivity index (χ3v) is 8.90. The molecule has 1 saturated heterocycles. The van der Waals surface area contributed by atoms with Gasteiger partial charge in [0, 0.05) is 46.6 Å². The average molecular weight is 770 g/mol. The molecule has 0 aromatic heterocycles. The molecular formula is C43H55N2O4Pd-. The molecule has 272 valence electrons. The Kier molecular flexibility index (Phi) is 13.9. The van der Waals surface area contributed by atoms with Crippen molar-refractivity contribution in [1.29, 1.82) is 0 Å². The molecule has 0 N–H and O–H groups in total. The summed E-state index contributed by atoms with van der Waals surface area (Å²) in [7, 11) is 0. The molecule has 0 bridgehead atoms. The Morgan fingerprint density at radius 2 is 1.20 bits per heavy atom. The maximum Gasteiger partial charge on any atom is 0.410 e. The van der Waals surface area contributed by atoms with Crippen molar-refractivity contribution in [3.8, 4) is 0 Å². The van der Waals surface area contributed by atoms with E-state index in [2.05, 4.69) is 92.7 Å². The van der Waals surface area contributed by atoms with Gasteiger partial charge in [0.25, 0.3) is 0 Å². The molecule has 0 saturated carbocycles. The molecule has 0 atom stereocenters. The van der Waals surface area contributed by atoms with Gasteiger partial charge in [-0.25, -0.2) is 9.59 Å². The standard InChI is InChI=1S/C21H27NO2.C21H25NO2.CH3.Pd/c2*1-15-8-9-19-17(14-15)6-5-7-18(19)16-10-12-22(13-11-16)20(23)24-21(2,3)4;;/h5-9,14,16H,10-13H2,1-4H3;5-10,14H,11-13H2,1-4H3;1H3;/q;;-1;. The van der Waals surface area contributed by atoms with Gasteiger partial charge in [0.05, 0.1) is 0 Å². The summed E-state index contributed by atoms with van der Waals surface area (Å²) in [6, 6.07) is 26.2. The Hall–Kier alpha value is -3.66. The van der Waals surface area contributed by atoms with E-state index in [9.17, 15) is 9.59 Å². The van der Waals surface area contributed by atoms with E-state index in [1.165, 1.54) is 49.4 Å². The molecular weight excluding hydrogens is 715 g/mol. The minimum absolute atomic E-state index is 0. The van der Waals surface area contributed by atoms with Crippen LogP contribution in [0.3, 0.4) is 0 Å². The number of aryl methyl sites for hydroxylation is 2. The van der Waals surface area contributed by atoms with Crippen LogP contribution in [0, 0.1) is 21.3 Å². The minimum Gasteiger partial charge on any atom is -0.444 e. The third-order valence-electron chi connectivity index (χ3n) is 8.90. The maximum absolute atomic E-state index is 12.2. The molecule has 2 amide bonds. The normalized spacial score (nSPS) is 15.2. The molecule has 7 heteroatoms. The number of fused-ring (bicyclic) bond motifs is 2. The molecule has 0 aliphatic carbocycles. The number of likely N-dealkylation sites (tertiary alicyclic amines) is 1. The van der Waals surface area contributed by atoms with Crippen LogP contribution in [-0.4, -0.2) is 59.4 Å². The first kappa shape index (κ1) is 40.8. The van der Waals surface area contributed by atoms with E-state index in [1.807, 2.05) is 46.4 Å². The second-order valence-electron chi connectivity index (χ2n) is 15.2. The molecule has 6 nitrogen and oxygen atoms in total. The molecule has 2 heterocycles. The van der Waals surface area contributed by atoms with Crippen molar-refractivity contribution < 1.29 is 39.5 Å². The Morgan fingerprint density at radius 1 is 0.680 bits per heavy atom. The summed E-state index contributed by atoms with van der Waals surface area (Å²) in [5, 5.41) is 5.20. The summed E-state index contributed by atoms with van der Waals surface area (Å²) in [6.07, 6.45) is 4.58. The Labute approximate surface area is 313 Å². The van der Waals surface area contributed by atoms with Gasteiger partial charge in [0.1, 0.15) is 11.2 Å². The number of rotatable bonds is 2. The predicted octanol–water partition coefficient (Wildman–Crippen LogP) is 10.9. The topological polar surface area (TPSA) is 59.1 Å². The van der Waals surface area contributed by atoms with E-state index in [-0.39, 0.29) is 40.0 Å². The molecule has 2 aliphatic rings. The Bertz CT molecular complexity index is 1810. The average Bonchev–Trinajstić information content (AvgIpc) is 3.03. The van der Waals surface area contributed by atoms with Crippen LogP contribution in [0.25, 0.3) is 27.1 Å². The monoisotopic (exact) mass is 769 g/mol. The van der Waals surface area contributed by atoms with Crippen LogP contribution in [0.1, 0.15) is 89.0 Å². The zero-order valence-corrected chi connectivity index (χ0v) is 32.9. The summed E-state index contributed by atoms with van der Waals surface area (Å²) in [6.45, 7) is 18.5. The van der Waals surface area contributed by atoms with Crippen molar-refractivity contribution >= 4 is 39.3 Å². The quantitative estimate of drug-likeness (QED) is 0.150. The van der Waals surface area contributed by atoms with Gasteiger partial charge in [-0.05, 0) is 119 Å². The van der Waals surface area contributed by atoms with Crippen molar-refractivity contribution in [1.82, 2.24) is 9.80 Å². The molecule has 4 aromatic rings. The first-order chi connectivity index (χ1) is 22.7. The SMILES string of the molecule is Cc1ccc2c(C3=CCN(C(=O)OC(C)(C)C)CC3)cccc2c1.Cc1ccc2c(C3CCN(C(=O)OC(C)(C)C)CC3)cccc2c1.[CH3-].[Pd]. The summed E-state index contributed by atoms with van der Waals surface area (Å²) >= 11 is 0. The summed E-state index contributed by atoms with van der Waals surface area (Å²) < 4.78 is 10.9. The van der Waals surface area contributed by atoms with E-state index < -0.39 is 11.2 Å². The predicted molar refractivity (Wildman–Crippen MR) is 204 cm³/mol. The fourth-order valence-electron chi connectivity index (χ4n) is 6.57. The van der Waals surface area contributed by atoms with Gasteiger partial charge in [-0.1, -0.05) is 90.0 Å². The number of hydrogen-bond acceptors (Lipinski definition) is 4. The van der Waals surface area contributed by atoms with E-state index in [0.29, 0.717) is 19.0 Å². The molecule has 2 aliphatic heterocycles. The molecule has 50 heavy (non-hydrogen) atoms. The van der Waals surface area contributed by atoms with Crippen molar-refractivity contribution in [3.63, 3.8) is 0 Å². The van der Waals surface area contributed by atoms with Crippen LogP contribution in [0.2, 0.25) is 0 Å². The number of hydrogen-bond donors (Lipinski definition) is 0. The van der Waals surface area contributed by atoms with Crippen LogP contribution in [-0.2, 0) is 29.9 Å². The third kappa shape index (κ3) is 10.7. The van der Waals surface area contributed by atoms with Crippen LogP contribution in [0.4, 0.5) is 9.59 Å². The first-order valence-corrected chi connectivity index (χ1v) is 17.3. The zero-order valence-electron chi connectivity index (χ0n) is 31.4. The molecule has 1 fully saturated rings. The first-order valence-electron chi connectivity index (χ1n) is 17.3. The zero-order chi connectivity index (χ0) is 34.6. The van der Waals surface area contributed by atoms with Gasteiger partial charge < -0.3 is 26.7 Å². The number of benzene rings is 4. The van der Waals surface area contributed by atoms with Gasteiger partial charge in [-0.3, -0.25) is 0 Å². The van der Waals surface area contributed by atoms with Gasteiger partial charge in [-0.2, -0.15) is 0 Å². The summed E-state index contributed by atoms with van der Waals surface area (Å²) in [5.41, 5.74) is 5.68. The van der Waals surface area contributed by atoms with E-state index in [4.69, 9.17) is 9.47 Å². The van der Waals surface area contributed by atoms with Crippen LogP contribution in [0.5, 0.6) is 0 Å². The number of nitrogens with zero attached hydrogens (tertiary/aromatic N) is 2. The van der Waals surface area contributed by atoms with Crippen LogP contribution in [0.15, 0.2) is 78.9 Å². The molecule has 0 radical (unpaired) electrons. The number of carbonyl (C=O) groups excluding carboxylic acids is 2. The van der Waals surface area contributed by atoms with Gasteiger partial charge in [0.2, 0.25) is 0 Å².